The van der Waals surface area contributed by atoms with Crippen molar-refractivity contribution in [2.75, 3.05) is 0 Å². The molecule has 1 aliphatic rings. The molecule has 0 bridgehead atoms. The van der Waals surface area contributed by atoms with E-state index in [0.717, 1.165) is 0 Å². The van der Waals surface area contributed by atoms with E-state index in [9.17, 15) is 14.9 Å². The van der Waals surface area contributed by atoms with E-state index in [2.05, 4.69) is 26.6 Å². The molecule has 0 atom stereocenters. The van der Waals surface area contributed by atoms with Gasteiger partial charge < -0.3 is 9.73 Å². The number of nitro groups is 1. The third-order valence-electron chi connectivity index (χ3n) is 3.06. The number of carbonyl (C=O) groups is 1. The van der Waals surface area contributed by atoms with Crippen molar-refractivity contribution in [3.8, 4) is 11.3 Å². The van der Waals surface area contributed by atoms with E-state index in [1.54, 1.807) is 18.2 Å². The fraction of sp³-hybridized carbons (Fsp3) is 0. The highest BCUT2D eigenvalue weighted by Gasteiger charge is 2.21. The fourth-order valence-corrected chi connectivity index (χ4v) is 2.78. The van der Waals surface area contributed by atoms with E-state index in [0.29, 0.717) is 27.3 Å². The highest BCUT2D eigenvalue weighted by atomic mass is 79.9. The van der Waals surface area contributed by atoms with Crippen LogP contribution in [-0.2, 0) is 4.79 Å². The second-order valence-corrected chi connectivity index (χ2v) is 5.85. The maximum absolute atomic E-state index is 11.6. The van der Waals surface area contributed by atoms with Gasteiger partial charge in [-0.3, -0.25) is 20.2 Å². The average Bonchev–Trinajstić information content (AvgIpc) is 3.06. The van der Waals surface area contributed by atoms with Crippen molar-refractivity contribution in [1.82, 2.24) is 10.6 Å². The van der Waals surface area contributed by atoms with Crippen molar-refractivity contribution in [1.29, 1.82) is 0 Å². The van der Waals surface area contributed by atoms with Gasteiger partial charge in [0.15, 0.2) is 5.11 Å². The molecule has 0 radical (unpaired) electrons. The summed E-state index contributed by atoms with van der Waals surface area (Å²) in [6.45, 7) is 0. The maximum Gasteiger partial charge on any atom is 0.274 e. The number of carbonyl (C=O) groups excluding carboxylic acids is 1. The van der Waals surface area contributed by atoms with Crippen molar-refractivity contribution in [2.24, 2.45) is 0 Å². The monoisotopic (exact) mass is 393 g/mol. The zero-order valence-corrected chi connectivity index (χ0v) is 13.7. The van der Waals surface area contributed by atoms with E-state index in [-0.39, 0.29) is 16.7 Å². The van der Waals surface area contributed by atoms with E-state index < -0.39 is 4.92 Å². The molecule has 23 heavy (non-hydrogen) atoms. The molecule has 3 rings (SSSR count). The van der Waals surface area contributed by atoms with Gasteiger partial charge in [-0.25, -0.2) is 0 Å². The molecule has 9 heteroatoms. The minimum absolute atomic E-state index is 0.0186. The predicted molar refractivity (Wildman–Crippen MR) is 90.4 cm³/mol. The average molecular weight is 394 g/mol. The minimum atomic E-state index is -0.472. The second kappa shape index (κ2) is 5.94. The largest absolute Gasteiger partial charge is 0.457 e. The van der Waals surface area contributed by atoms with Gasteiger partial charge in [0.2, 0.25) is 0 Å². The van der Waals surface area contributed by atoms with Crippen LogP contribution in [0.3, 0.4) is 0 Å². The molecule has 1 saturated heterocycles. The van der Waals surface area contributed by atoms with E-state index in [4.69, 9.17) is 16.6 Å². The summed E-state index contributed by atoms with van der Waals surface area (Å²) >= 11 is 8.14. The fourth-order valence-electron chi connectivity index (χ4n) is 2.02. The van der Waals surface area contributed by atoms with Gasteiger partial charge in [0, 0.05) is 28.2 Å². The molecule has 2 N–H and O–H groups in total. The molecule has 1 aromatic carbocycles. The molecule has 2 heterocycles. The number of rotatable bonds is 3. The van der Waals surface area contributed by atoms with E-state index >= 15 is 0 Å². The third-order valence-corrected chi connectivity index (χ3v) is 3.92. The Morgan fingerprint density at radius 3 is 2.65 bits per heavy atom. The first-order chi connectivity index (χ1) is 10.9. The quantitative estimate of drug-likeness (QED) is 0.360. The number of nitro benzene ring substituents is 1. The molecule has 116 valence electrons. The van der Waals surface area contributed by atoms with Crippen molar-refractivity contribution in [3.63, 3.8) is 0 Å². The van der Waals surface area contributed by atoms with Gasteiger partial charge >= 0.3 is 0 Å². The first-order valence-corrected chi connectivity index (χ1v) is 7.52. The molecule has 1 aliphatic heterocycles. The highest BCUT2D eigenvalue weighted by Crippen LogP contribution is 2.32. The number of benzene rings is 1. The van der Waals surface area contributed by atoms with Crippen LogP contribution in [-0.4, -0.2) is 15.9 Å². The molecule has 1 fully saturated rings. The minimum Gasteiger partial charge on any atom is -0.457 e. The number of furan rings is 1. The summed E-state index contributed by atoms with van der Waals surface area (Å²) in [5, 5.41) is 16.2. The molecular formula is C14H8BrN3O4S. The van der Waals surface area contributed by atoms with Crippen LogP contribution in [0.2, 0.25) is 0 Å². The van der Waals surface area contributed by atoms with Crippen LogP contribution in [0.4, 0.5) is 5.69 Å². The molecule has 0 aliphatic carbocycles. The summed E-state index contributed by atoms with van der Waals surface area (Å²) in [4.78, 5) is 21.9. The highest BCUT2D eigenvalue weighted by molar-refractivity contribution is 9.10. The third kappa shape index (κ3) is 3.15. The standard InChI is InChI=1S/C14H8BrN3O4S/c15-10-5-7(18(20)21)1-3-9(10)12-4-2-8(22-12)6-11-13(19)17-14(23)16-11/h1-6H,(H2,16,17,19,23). The lowest BCUT2D eigenvalue weighted by atomic mass is 10.1. The van der Waals surface area contributed by atoms with Gasteiger partial charge in [-0.1, -0.05) is 0 Å². The smallest absolute Gasteiger partial charge is 0.274 e. The molecule has 2 aromatic rings. The first-order valence-electron chi connectivity index (χ1n) is 6.32. The molecule has 0 unspecified atom stereocenters. The summed E-state index contributed by atoms with van der Waals surface area (Å²) in [6, 6.07) is 7.79. The van der Waals surface area contributed by atoms with Crippen LogP contribution in [0.5, 0.6) is 0 Å². The van der Waals surface area contributed by atoms with Gasteiger partial charge in [0.1, 0.15) is 17.2 Å². The summed E-state index contributed by atoms with van der Waals surface area (Å²) < 4.78 is 6.20. The Bertz CT molecular complexity index is 875. The first kappa shape index (κ1) is 15.4. The normalized spacial score (nSPS) is 15.6. The second-order valence-electron chi connectivity index (χ2n) is 4.59. The Labute approximate surface area is 143 Å². The van der Waals surface area contributed by atoms with Gasteiger partial charge in [-0.15, -0.1) is 0 Å². The predicted octanol–water partition coefficient (Wildman–Crippen LogP) is 2.96. The van der Waals surface area contributed by atoms with E-state index in [1.165, 1.54) is 18.2 Å². The number of thiocarbonyl (C=S) groups is 1. The maximum atomic E-state index is 11.6. The summed E-state index contributed by atoms with van der Waals surface area (Å²) in [5.41, 5.74) is 0.938. The van der Waals surface area contributed by atoms with Crippen LogP contribution < -0.4 is 10.6 Å². The zero-order valence-electron chi connectivity index (χ0n) is 11.3. The lowest BCUT2D eigenvalue weighted by Gasteiger charge is -2.01. The van der Waals surface area contributed by atoms with Gasteiger partial charge in [-0.2, -0.15) is 0 Å². The molecule has 0 spiro atoms. The van der Waals surface area contributed by atoms with Crippen LogP contribution in [0.1, 0.15) is 5.76 Å². The Morgan fingerprint density at radius 2 is 2.04 bits per heavy atom. The molecule has 0 saturated carbocycles. The van der Waals surface area contributed by atoms with Crippen LogP contribution in [0.15, 0.2) is 44.9 Å². The lowest BCUT2D eigenvalue weighted by Crippen LogP contribution is -2.21. The topological polar surface area (TPSA) is 97.4 Å². The SMILES string of the molecule is O=C1NC(=S)NC1=Cc1ccc(-c2ccc([N+](=O)[O-])cc2Br)o1. The lowest BCUT2D eigenvalue weighted by molar-refractivity contribution is -0.384. The Hall–Kier alpha value is -2.52. The Balaban J connectivity index is 1.91. The number of halogens is 1. The molecule has 7 nitrogen and oxygen atoms in total. The van der Waals surface area contributed by atoms with Gasteiger partial charge in [0.05, 0.1) is 4.92 Å². The van der Waals surface area contributed by atoms with Crippen molar-refractivity contribution in [3.05, 3.63) is 56.4 Å². The Kier molecular flexibility index (Phi) is 3.97. The Morgan fingerprint density at radius 1 is 1.26 bits per heavy atom. The van der Waals surface area contributed by atoms with Gasteiger partial charge in [-0.05, 0) is 46.3 Å². The molecular weight excluding hydrogens is 386 g/mol. The van der Waals surface area contributed by atoms with Crippen LogP contribution in [0, 0.1) is 10.1 Å². The molecule has 1 amide bonds. The van der Waals surface area contributed by atoms with Crippen LogP contribution >= 0.6 is 28.1 Å². The zero-order chi connectivity index (χ0) is 16.6. The van der Waals surface area contributed by atoms with Gasteiger partial charge in [0.25, 0.3) is 11.6 Å². The summed E-state index contributed by atoms with van der Waals surface area (Å²) in [6.07, 6.45) is 1.53. The summed E-state index contributed by atoms with van der Waals surface area (Å²) in [7, 11) is 0. The number of nitrogens with one attached hydrogen (secondary N) is 2. The number of non-ortho nitro benzene ring substituents is 1. The number of amides is 1. The summed E-state index contributed by atoms with van der Waals surface area (Å²) in [5.74, 6) is 0.636. The molecule has 1 aromatic heterocycles. The van der Waals surface area contributed by atoms with Crippen LogP contribution in [0.25, 0.3) is 17.4 Å². The number of hydrogen-bond donors (Lipinski definition) is 2. The van der Waals surface area contributed by atoms with Crippen molar-refractivity contribution >= 4 is 50.9 Å². The van der Waals surface area contributed by atoms with E-state index in [1.807, 2.05) is 0 Å². The van der Waals surface area contributed by atoms with Crippen molar-refractivity contribution < 1.29 is 14.1 Å². The number of hydrogen-bond acceptors (Lipinski definition) is 5. The number of nitrogens with zero attached hydrogens (tertiary/aromatic N) is 1. The van der Waals surface area contributed by atoms with Crippen molar-refractivity contribution in [2.45, 2.75) is 0 Å².